The van der Waals surface area contributed by atoms with Crippen LogP contribution >= 0.6 is 0 Å². The summed E-state index contributed by atoms with van der Waals surface area (Å²) in [7, 11) is -3.76. The lowest BCUT2D eigenvalue weighted by Crippen LogP contribution is -2.34. The van der Waals surface area contributed by atoms with Crippen molar-refractivity contribution < 1.29 is 13.3 Å². The third-order valence-corrected chi connectivity index (χ3v) is 8.29. The van der Waals surface area contributed by atoms with Crippen LogP contribution in [0.3, 0.4) is 0 Å². The number of nitro groups is 1. The fourth-order valence-electron chi connectivity index (χ4n) is 5.76. The Labute approximate surface area is 160 Å². The van der Waals surface area contributed by atoms with E-state index in [1.807, 2.05) is 0 Å². The highest BCUT2D eigenvalue weighted by Crippen LogP contribution is 2.59. The van der Waals surface area contributed by atoms with E-state index < -0.39 is 14.9 Å². The molecule has 3 aliphatic rings. The number of nitrogens with zero attached hydrogens (tertiary/aromatic N) is 1. The maximum Gasteiger partial charge on any atom is 0.293 e. The first-order valence-corrected chi connectivity index (χ1v) is 11.3. The van der Waals surface area contributed by atoms with Gasteiger partial charge in [-0.2, -0.15) is 0 Å². The zero-order valence-electron chi connectivity index (χ0n) is 15.7. The Morgan fingerprint density at radius 2 is 1.89 bits per heavy atom. The van der Waals surface area contributed by atoms with Crippen molar-refractivity contribution in [2.75, 3.05) is 5.32 Å². The maximum absolute atomic E-state index is 12.3. The normalized spacial score (nSPS) is 32.0. The molecule has 27 heavy (non-hydrogen) atoms. The van der Waals surface area contributed by atoms with Gasteiger partial charge >= 0.3 is 0 Å². The van der Waals surface area contributed by atoms with Crippen molar-refractivity contribution in [3.8, 4) is 0 Å². The number of benzene rings is 1. The highest BCUT2D eigenvalue weighted by atomic mass is 32.2. The molecular weight excluding hydrogens is 366 g/mol. The molecule has 0 heterocycles. The molecule has 1 aromatic rings. The Morgan fingerprint density at radius 3 is 2.59 bits per heavy atom. The molecular formula is C19H27N3O4S. The summed E-state index contributed by atoms with van der Waals surface area (Å²) in [4.78, 5) is 11.0. The summed E-state index contributed by atoms with van der Waals surface area (Å²) < 4.78 is 27.2. The third kappa shape index (κ3) is 3.33. The van der Waals surface area contributed by atoms with Gasteiger partial charge in [-0.1, -0.05) is 6.42 Å². The number of anilines is 1. The summed E-state index contributed by atoms with van der Waals surface area (Å²) in [6, 6.07) is 4.14. The second-order valence-corrected chi connectivity index (χ2v) is 10.3. The van der Waals surface area contributed by atoms with E-state index in [1.165, 1.54) is 37.8 Å². The van der Waals surface area contributed by atoms with Crippen molar-refractivity contribution in [3.63, 3.8) is 0 Å². The average Bonchev–Trinajstić information content (AvgIpc) is 3.26. The standard InChI is InChI=1S/C19H27N3O4S/c1-11(2)21-27(25,26)13-6-7-17(19(10-13)22(23)24)20-18-9-12-8-16(18)15-5-3-4-14(12)15/h6-7,10-12,14-16,18,20-21H,3-5,8-9H2,1-2H3/t12-,14-,15+,16+,18-/m1/s1. The van der Waals surface area contributed by atoms with E-state index in [4.69, 9.17) is 0 Å². The molecule has 0 radical (unpaired) electrons. The predicted molar refractivity (Wildman–Crippen MR) is 103 cm³/mol. The molecule has 1 aromatic carbocycles. The van der Waals surface area contributed by atoms with Crippen LogP contribution in [0.5, 0.6) is 0 Å². The second-order valence-electron chi connectivity index (χ2n) is 8.62. The first-order valence-electron chi connectivity index (χ1n) is 9.83. The van der Waals surface area contributed by atoms with Crippen molar-refractivity contribution in [2.24, 2.45) is 23.7 Å². The molecule has 2 N–H and O–H groups in total. The summed E-state index contributed by atoms with van der Waals surface area (Å²) >= 11 is 0. The topological polar surface area (TPSA) is 101 Å². The van der Waals surface area contributed by atoms with Crippen LogP contribution in [0, 0.1) is 33.8 Å². The molecule has 0 aromatic heterocycles. The summed E-state index contributed by atoms with van der Waals surface area (Å²) in [6.07, 6.45) is 6.23. The summed E-state index contributed by atoms with van der Waals surface area (Å²) in [6.45, 7) is 3.43. The minimum absolute atomic E-state index is 0.0720. The van der Waals surface area contributed by atoms with Crippen molar-refractivity contribution in [1.82, 2.24) is 4.72 Å². The van der Waals surface area contributed by atoms with Crippen LogP contribution in [-0.4, -0.2) is 25.4 Å². The largest absolute Gasteiger partial charge is 0.376 e. The maximum atomic E-state index is 12.3. The Hall–Kier alpha value is -1.67. The zero-order chi connectivity index (χ0) is 19.3. The SMILES string of the molecule is CC(C)NS(=O)(=O)c1ccc(N[C@@H]2C[C@H]3C[C@H]2[C@H]2CCC[C@H]32)c([N+](=O)[O-])c1. The number of hydrogen-bond acceptors (Lipinski definition) is 5. The van der Waals surface area contributed by atoms with Crippen LogP contribution in [0.1, 0.15) is 46.0 Å². The fraction of sp³-hybridized carbons (Fsp3) is 0.684. The van der Waals surface area contributed by atoms with Crippen molar-refractivity contribution in [3.05, 3.63) is 28.3 Å². The first kappa shape index (κ1) is 18.7. The van der Waals surface area contributed by atoms with E-state index >= 15 is 0 Å². The van der Waals surface area contributed by atoms with Gasteiger partial charge < -0.3 is 5.32 Å². The van der Waals surface area contributed by atoms with Gasteiger partial charge in [0.25, 0.3) is 5.69 Å². The van der Waals surface area contributed by atoms with Crippen LogP contribution in [0.4, 0.5) is 11.4 Å². The van der Waals surface area contributed by atoms with Gasteiger partial charge in [-0.15, -0.1) is 0 Å². The molecule has 7 nitrogen and oxygen atoms in total. The van der Waals surface area contributed by atoms with Gasteiger partial charge in [0, 0.05) is 18.2 Å². The molecule has 3 saturated carbocycles. The van der Waals surface area contributed by atoms with Crippen LogP contribution < -0.4 is 10.0 Å². The van der Waals surface area contributed by atoms with Gasteiger partial charge in [-0.3, -0.25) is 10.1 Å². The lowest BCUT2D eigenvalue weighted by molar-refractivity contribution is -0.384. The molecule has 148 valence electrons. The quantitative estimate of drug-likeness (QED) is 0.569. The molecule has 0 saturated heterocycles. The van der Waals surface area contributed by atoms with Gasteiger partial charge in [-0.05, 0) is 75.3 Å². The van der Waals surface area contributed by atoms with Gasteiger partial charge in [0.1, 0.15) is 5.69 Å². The lowest BCUT2D eigenvalue weighted by atomic mass is 9.79. The Morgan fingerprint density at radius 1 is 1.15 bits per heavy atom. The molecule has 5 atom stereocenters. The number of rotatable bonds is 6. The van der Waals surface area contributed by atoms with E-state index in [1.54, 1.807) is 19.9 Å². The highest BCUT2D eigenvalue weighted by Gasteiger charge is 2.53. The summed E-state index contributed by atoms with van der Waals surface area (Å²) in [5, 5.41) is 15.0. The van der Waals surface area contributed by atoms with Gasteiger partial charge in [-0.25, -0.2) is 13.1 Å². The number of nitrogens with one attached hydrogen (secondary N) is 2. The minimum Gasteiger partial charge on any atom is -0.376 e. The minimum atomic E-state index is -3.76. The van der Waals surface area contributed by atoms with Gasteiger partial charge in [0.15, 0.2) is 0 Å². The van der Waals surface area contributed by atoms with Crippen LogP contribution in [0.25, 0.3) is 0 Å². The molecule has 4 rings (SSSR count). The molecule has 2 bridgehead atoms. The van der Waals surface area contributed by atoms with Crippen LogP contribution in [0.2, 0.25) is 0 Å². The molecule has 0 amide bonds. The average molecular weight is 394 g/mol. The predicted octanol–water partition coefficient (Wildman–Crippen LogP) is 3.52. The van der Waals surface area contributed by atoms with Gasteiger partial charge in [0.05, 0.1) is 9.82 Å². The molecule has 3 aliphatic carbocycles. The van der Waals surface area contributed by atoms with Crippen molar-refractivity contribution in [2.45, 2.75) is 62.9 Å². The summed E-state index contributed by atoms with van der Waals surface area (Å²) in [5.41, 5.74) is 0.253. The number of fused-ring (bicyclic) bond motifs is 5. The number of sulfonamides is 1. The Kier molecular flexibility index (Phi) is 4.66. The Balaban J connectivity index is 1.58. The van der Waals surface area contributed by atoms with E-state index in [0.29, 0.717) is 11.6 Å². The molecule has 0 aliphatic heterocycles. The molecule has 0 unspecified atom stereocenters. The smallest absolute Gasteiger partial charge is 0.293 e. The van der Waals surface area contributed by atoms with E-state index in [2.05, 4.69) is 10.0 Å². The van der Waals surface area contributed by atoms with Crippen molar-refractivity contribution >= 4 is 21.4 Å². The molecule has 0 spiro atoms. The first-order chi connectivity index (χ1) is 12.8. The van der Waals surface area contributed by atoms with E-state index in [0.717, 1.165) is 24.2 Å². The van der Waals surface area contributed by atoms with E-state index in [9.17, 15) is 18.5 Å². The van der Waals surface area contributed by atoms with Gasteiger partial charge in [0.2, 0.25) is 10.0 Å². The van der Waals surface area contributed by atoms with Crippen LogP contribution in [-0.2, 0) is 10.0 Å². The zero-order valence-corrected chi connectivity index (χ0v) is 16.5. The van der Waals surface area contributed by atoms with Crippen molar-refractivity contribution in [1.29, 1.82) is 0 Å². The highest BCUT2D eigenvalue weighted by molar-refractivity contribution is 7.89. The monoisotopic (exact) mass is 393 g/mol. The Bertz CT molecular complexity index is 855. The lowest BCUT2D eigenvalue weighted by Gasteiger charge is -2.32. The second kappa shape index (κ2) is 6.74. The molecule has 8 heteroatoms. The third-order valence-electron chi connectivity index (χ3n) is 6.64. The number of nitro benzene ring substituents is 1. The van der Waals surface area contributed by atoms with Crippen LogP contribution in [0.15, 0.2) is 23.1 Å². The fourth-order valence-corrected chi connectivity index (χ4v) is 7.03. The van der Waals surface area contributed by atoms with E-state index in [-0.39, 0.29) is 22.7 Å². The molecule has 3 fully saturated rings. The number of hydrogen-bond donors (Lipinski definition) is 2. The summed E-state index contributed by atoms with van der Waals surface area (Å²) in [5.74, 6) is 2.95.